The molecule has 0 radical (unpaired) electrons. The second-order valence-corrected chi connectivity index (χ2v) is 6.04. The van der Waals surface area contributed by atoms with Crippen molar-refractivity contribution in [2.45, 2.75) is 24.9 Å². The van der Waals surface area contributed by atoms with Crippen LogP contribution in [0, 0.1) is 0 Å². The summed E-state index contributed by atoms with van der Waals surface area (Å²) in [6.45, 7) is -0.425. The number of aromatic nitrogens is 4. The third kappa shape index (κ3) is 2.95. The number of phosphoric acid groups is 1. The molecule has 1 aliphatic rings. The van der Waals surface area contributed by atoms with E-state index in [0.29, 0.717) is 11.2 Å². The van der Waals surface area contributed by atoms with E-state index in [2.05, 4.69) is 19.5 Å². The average Bonchev–Trinajstić information content (AvgIpc) is 3.00. The number of hydrogen-bond acceptors (Lipinski definition) is 8. The molecule has 22 heavy (non-hydrogen) atoms. The van der Waals surface area contributed by atoms with Gasteiger partial charge in [0.25, 0.3) is 0 Å². The van der Waals surface area contributed by atoms with Gasteiger partial charge in [0.15, 0.2) is 11.5 Å². The Morgan fingerprint density at radius 2 is 2.23 bits per heavy atom. The van der Waals surface area contributed by atoms with Crippen molar-refractivity contribution >= 4 is 24.8 Å². The second kappa shape index (κ2) is 5.54. The van der Waals surface area contributed by atoms with Crippen LogP contribution in [0.5, 0.6) is 0 Å². The second-order valence-electron chi connectivity index (χ2n) is 4.80. The Labute approximate surface area is 124 Å². The monoisotopic (exact) mass is 346 g/mol. The van der Waals surface area contributed by atoms with E-state index in [9.17, 15) is 9.67 Å². The van der Waals surface area contributed by atoms with Crippen LogP contribution in [0.15, 0.2) is 12.7 Å². The molecule has 3 atom stereocenters. The molecule has 3 rings (SSSR count). The predicted molar refractivity (Wildman–Crippen MR) is 72.3 cm³/mol. The molecule has 0 aliphatic carbocycles. The van der Waals surface area contributed by atoms with Crippen LogP contribution in [0.2, 0.25) is 0 Å². The number of aliphatic hydroxyl groups excluding tert-OH is 1. The number of nitrogens with zero attached hydrogens (tertiary/aromatic N) is 4. The summed E-state index contributed by atoms with van der Waals surface area (Å²) in [6, 6.07) is 0. The zero-order valence-corrected chi connectivity index (χ0v) is 12.1. The third-order valence-electron chi connectivity index (χ3n) is 3.31. The number of rotatable bonds is 4. The molecule has 0 amide bonds. The lowest BCUT2D eigenvalue weighted by Crippen LogP contribution is -2.25. The maximum atomic E-state index is 10.7. The highest BCUT2D eigenvalue weighted by Crippen LogP contribution is 2.38. The van der Waals surface area contributed by atoms with Gasteiger partial charge in [-0.3, -0.25) is 9.09 Å². The van der Waals surface area contributed by atoms with Crippen LogP contribution in [-0.2, 0) is 13.8 Å². The Morgan fingerprint density at radius 3 is 2.95 bits per heavy atom. The van der Waals surface area contributed by atoms with E-state index >= 15 is 0 Å². The molecule has 120 valence electrons. The number of fused-ring (bicyclic) bond motifs is 1. The lowest BCUT2D eigenvalue weighted by atomic mass is 11.1. The molecule has 1 aliphatic heterocycles. The fraction of sp³-hybridized carbons (Fsp3) is 0.500. The summed E-state index contributed by atoms with van der Waals surface area (Å²) < 4.78 is 22.2. The summed E-state index contributed by atoms with van der Waals surface area (Å²) in [5, 5.41) is 9.93. The molecule has 5 N–H and O–H groups in total. The fourth-order valence-corrected chi connectivity index (χ4v) is 2.63. The maximum absolute atomic E-state index is 10.7. The summed E-state index contributed by atoms with van der Waals surface area (Å²) in [5.74, 6) is 0.226. The van der Waals surface area contributed by atoms with Gasteiger partial charge in [0.2, 0.25) is 0 Å². The van der Waals surface area contributed by atoms with Crippen molar-refractivity contribution in [3.63, 3.8) is 0 Å². The Kier molecular flexibility index (Phi) is 3.85. The average molecular weight is 346 g/mol. The topological polar surface area (TPSA) is 166 Å². The van der Waals surface area contributed by atoms with Crippen molar-refractivity contribution < 1.29 is 28.7 Å². The third-order valence-corrected chi connectivity index (χ3v) is 3.79. The van der Waals surface area contributed by atoms with E-state index in [0.717, 1.165) is 0 Å². The molecule has 11 nitrogen and oxygen atoms in total. The Bertz CT molecular complexity index is 732. The largest absolute Gasteiger partial charge is 0.469 e. The molecule has 12 heteroatoms. The van der Waals surface area contributed by atoms with Gasteiger partial charge < -0.3 is 25.4 Å². The van der Waals surface area contributed by atoms with Gasteiger partial charge in [0.1, 0.15) is 24.2 Å². The highest BCUT2D eigenvalue weighted by atomic mass is 31.2. The predicted octanol–water partition coefficient (Wildman–Crippen LogP) is -0.834. The lowest BCUT2D eigenvalue weighted by molar-refractivity contribution is -0.0424. The van der Waals surface area contributed by atoms with Crippen LogP contribution in [-0.4, -0.2) is 53.2 Å². The van der Waals surface area contributed by atoms with Gasteiger partial charge >= 0.3 is 7.82 Å². The number of nitrogen functional groups attached to an aromatic ring is 1. The first-order valence-corrected chi connectivity index (χ1v) is 7.85. The first-order chi connectivity index (χ1) is 10.3. The standard InChI is InChI=1S/C10H14N5O6P/c11-9-8-10(13-3-12-9)15(4-14-8)7-1-5(16)6(21-7)2-20-22(17,18)19/h3-7,16H,1-2H2,(H2,11,12,13)(H2,17,18,19)/t5-,6-,7-/m1/s1/i1+1,2+1,3+1,4+1,5+1,6+1,7+1,8+1,9+1,10+1,11+1,12+1,13+1,14+1,15+1. The van der Waals surface area contributed by atoms with Crippen LogP contribution < -0.4 is 5.73 Å². The van der Waals surface area contributed by atoms with E-state index in [-0.39, 0.29) is 12.2 Å². The van der Waals surface area contributed by atoms with E-state index in [1.165, 1.54) is 12.7 Å². The van der Waals surface area contributed by atoms with E-state index in [1.807, 2.05) is 0 Å². The van der Waals surface area contributed by atoms with Crippen LogP contribution in [0.1, 0.15) is 12.6 Å². The summed E-state index contributed by atoms with van der Waals surface area (Å²) in [4.78, 5) is 29.4. The van der Waals surface area contributed by atoms with Gasteiger partial charge in [0.05, 0.1) is 19.0 Å². The molecule has 3 heterocycles. The van der Waals surface area contributed by atoms with Crippen LogP contribution in [0.4, 0.5) is 5.82 Å². The number of imidazole rings is 1. The van der Waals surface area contributed by atoms with Gasteiger partial charge in [-0.1, -0.05) is 0 Å². The van der Waals surface area contributed by atoms with E-state index in [1.54, 1.807) is 4.57 Å². The molecular weight excluding hydrogens is 332 g/mol. The number of nitrogens with two attached hydrogens (primary N) is 1. The number of aliphatic hydroxyl groups is 1. The smallest absolute Gasteiger partial charge is 0.390 e. The zero-order chi connectivity index (χ0) is 15.9. The van der Waals surface area contributed by atoms with Crippen LogP contribution in [0.25, 0.3) is 11.2 Å². The summed E-state index contributed by atoms with van der Waals surface area (Å²) in [6.07, 6.45) is 0.543. The minimum Gasteiger partial charge on any atom is -0.390 e. The van der Waals surface area contributed by atoms with Gasteiger partial charge in [-0.15, -0.1) is 0 Å². The van der Waals surface area contributed by atoms with Crippen LogP contribution >= 0.6 is 7.82 Å². The van der Waals surface area contributed by atoms with Crippen molar-refractivity contribution in [3.05, 3.63) is 12.7 Å². The minimum atomic E-state index is -4.62. The molecule has 1 fully saturated rings. The lowest BCUT2D eigenvalue weighted by Gasteiger charge is -2.16. The molecule has 0 bridgehead atoms. The van der Waals surface area contributed by atoms with Gasteiger partial charge in [0, 0.05) is 6.42 Å². The minimum absolute atomic E-state index is 0.199. The number of anilines is 1. The molecule has 2 aromatic heterocycles. The molecule has 0 unspecified atom stereocenters. The number of phosphoric ester groups is 1. The molecule has 2 aromatic rings. The highest BCUT2D eigenvalue weighted by Gasteiger charge is 2.37. The molecule has 0 saturated carbocycles. The summed E-state index contributed by atoms with van der Waals surface area (Å²) in [7, 11) is -4.62. The van der Waals surface area contributed by atoms with E-state index in [4.69, 9.17) is 20.3 Å². The van der Waals surface area contributed by atoms with Crippen molar-refractivity contribution in [1.29, 1.82) is 0 Å². The number of ether oxygens (including phenoxy) is 1. The molecule has 0 spiro atoms. The van der Waals surface area contributed by atoms with Gasteiger partial charge in [-0.05, 0) is 0 Å². The first kappa shape index (κ1) is 15.3. The SMILES string of the molecule is [15NH2][13c]1[15n][13cH][15n][13c]2[13c]1[15n][13cH][15n]2[13C@H]1[13CH2][13C@@H](O)[13C@@H]([13CH2]OP(=O)(O)O)O1. The molecular formula is C10H14N5O6P. The van der Waals surface area contributed by atoms with Crippen molar-refractivity contribution in [1.82, 2.24) is 19.5 Å². The van der Waals surface area contributed by atoms with Crippen molar-refractivity contribution in [2.75, 3.05) is 12.3 Å². The van der Waals surface area contributed by atoms with Crippen LogP contribution in [0.3, 0.4) is 0 Å². The Hall–Kier alpha value is -1.62. The first-order valence-electron chi connectivity index (χ1n) is 6.32. The summed E-state index contributed by atoms with van der Waals surface area (Å²) in [5.41, 5.74) is 6.55. The van der Waals surface area contributed by atoms with Gasteiger partial charge in [-0.2, -0.15) is 0 Å². The Morgan fingerprint density at radius 1 is 1.45 bits per heavy atom. The zero-order valence-electron chi connectivity index (χ0n) is 11.2. The molecule has 0 aromatic carbocycles. The quantitative estimate of drug-likeness (QED) is 0.312. The normalized spacial score (nSPS) is 25.9. The summed E-state index contributed by atoms with van der Waals surface area (Å²) >= 11 is 0. The van der Waals surface area contributed by atoms with Gasteiger partial charge in [-0.25, -0.2) is 19.5 Å². The molecule has 1 saturated heterocycles. The van der Waals surface area contributed by atoms with Crippen molar-refractivity contribution in [3.8, 4) is 0 Å². The number of hydrogen-bond donors (Lipinski definition) is 4. The maximum Gasteiger partial charge on any atom is 0.469 e. The van der Waals surface area contributed by atoms with E-state index < -0.39 is 32.9 Å². The highest BCUT2D eigenvalue weighted by molar-refractivity contribution is 7.46. The Balaban J connectivity index is 1.78. The van der Waals surface area contributed by atoms with Crippen molar-refractivity contribution in [2.24, 2.45) is 0 Å². The fourth-order valence-electron chi connectivity index (χ4n) is 2.29.